The maximum atomic E-state index is 12.7. The van der Waals surface area contributed by atoms with Crippen LogP contribution in [-0.4, -0.2) is 35.5 Å². The van der Waals surface area contributed by atoms with Gasteiger partial charge in [0, 0.05) is 18.8 Å². The van der Waals surface area contributed by atoms with E-state index in [1.54, 1.807) is 36.4 Å². The molecule has 2 rings (SSSR count). The number of alkyl halides is 3. The summed E-state index contributed by atoms with van der Waals surface area (Å²) in [6, 6.07) is 11.0. The molecule has 1 unspecified atom stereocenters. The van der Waals surface area contributed by atoms with Gasteiger partial charge in [-0.15, -0.1) is 0 Å². The second-order valence-corrected chi connectivity index (χ2v) is 7.10. The zero-order valence-electron chi connectivity index (χ0n) is 16.1. The quantitative estimate of drug-likeness (QED) is 0.606. The van der Waals surface area contributed by atoms with Crippen molar-refractivity contribution in [3.63, 3.8) is 0 Å². The molecule has 0 aliphatic heterocycles. The first-order valence-electron chi connectivity index (χ1n) is 8.89. The van der Waals surface area contributed by atoms with Crippen molar-refractivity contribution < 1.29 is 27.5 Å². The van der Waals surface area contributed by atoms with E-state index in [9.17, 15) is 22.8 Å². The molecule has 0 aliphatic carbocycles. The van der Waals surface area contributed by atoms with E-state index in [0.29, 0.717) is 16.2 Å². The molecule has 0 bridgehead atoms. The molecule has 0 saturated heterocycles. The number of benzene rings is 2. The first-order valence-corrected chi connectivity index (χ1v) is 9.65. The lowest BCUT2D eigenvalue weighted by molar-refractivity contribution is -0.185. The van der Waals surface area contributed by atoms with Crippen LogP contribution in [0.4, 0.5) is 18.9 Å². The highest BCUT2D eigenvalue weighted by molar-refractivity contribution is 6.42. The van der Waals surface area contributed by atoms with E-state index in [2.05, 4.69) is 5.32 Å². The Morgan fingerprint density at radius 1 is 1.17 bits per heavy atom. The average Bonchev–Trinajstić information content (AvgIpc) is 2.68. The maximum absolute atomic E-state index is 12.7. The second-order valence-electron chi connectivity index (χ2n) is 6.32. The number of amides is 2. The molecule has 162 valence electrons. The highest BCUT2D eigenvalue weighted by Crippen LogP contribution is 2.32. The molecule has 10 heteroatoms. The molecule has 0 spiro atoms. The summed E-state index contributed by atoms with van der Waals surface area (Å²) in [5.41, 5.74) is 0.777. The highest BCUT2D eigenvalue weighted by Gasteiger charge is 2.41. The molecule has 0 saturated carbocycles. The van der Waals surface area contributed by atoms with Crippen molar-refractivity contribution in [2.75, 3.05) is 11.9 Å². The van der Waals surface area contributed by atoms with Gasteiger partial charge in [-0.3, -0.25) is 9.59 Å². The summed E-state index contributed by atoms with van der Waals surface area (Å²) in [6.45, 7) is 2.61. The summed E-state index contributed by atoms with van der Waals surface area (Å²) in [7, 11) is 0. The number of rotatable bonds is 7. The van der Waals surface area contributed by atoms with Gasteiger partial charge in [-0.1, -0.05) is 41.4 Å². The first kappa shape index (κ1) is 23.8. The highest BCUT2D eigenvalue weighted by atomic mass is 35.5. The van der Waals surface area contributed by atoms with E-state index >= 15 is 0 Å². The molecule has 1 atom stereocenters. The van der Waals surface area contributed by atoms with Crippen molar-refractivity contribution >= 4 is 40.7 Å². The largest absolute Gasteiger partial charge is 0.479 e. The van der Waals surface area contributed by atoms with E-state index in [4.69, 9.17) is 27.9 Å². The van der Waals surface area contributed by atoms with Gasteiger partial charge >= 0.3 is 12.1 Å². The molecular weight excluding hydrogens is 444 g/mol. The molecule has 0 aromatic heterocycles. The standard InChI is InChI=1S/C20H19Cl2F3N2O3/c1-3-27(19(29)20(23,24)25)11-13-6-4-7-14(10-13)26-18(28)12(2)30-16-9-5-8-15(21)17(16)22/h4-10,12H,3,11H2,1-2H3,(H,26,28). The molecule has 0 fully saturated rings. The van der Waals surface area contributed by atoms with Gasteiger partial charge in [-0.25, -0.2) is 0 Å². The smallest absolute Gasteiger partial charge is 0.471 e. The van der Waals surface area contributed by atoms with Gasteiger partial charge in [0.1, 0.15) is 10.8 Å². The zero-order chi connectivity index (χ0) is 22.5. The van der Waals surface area contributed by atoms with Gasteiger partial charge < -0.3 is 15.0 Å². The van der Waals surface area contributed by atoms with Crippen LogP contribution in [0.15, 0.2) is 42.5 Å². The summed E-state index contributed by atoms with van der Waals surface area (Å²) in [4.78, 5) is 24.6. The van der Waals surface area contributed by atoms with Crippen LogP contribution in [0.25, 0.3) is 0 Å². The van der Waals surface area contributed by atoms with Crippen LogP contribution in [0, 0.1) is 0 Å². The van der Waals surface area contributed by atoms with Crippen LogP contribution in [0.3, 0.4) is 0 Å². The van der Waals surface area contributed by atoms with Crippen molar-refractivity contribution in [3.8, 4) is 5.75 Å². The monoisotopic (exact) mass is 462 g/mol. The Bertz CT molecular complexity index is 922. The van der Waals surface area contributed by atoms with E-state index < -0.39 is 24.1 Å². The summed E-state index contributed by atoms with van der Waals surface area (Å²) in [6.07, 6.45) is -5.88. The van der Waals surface area contributed by atoms with Gasteiger partial charge in [0.15, 0.2) is 6.10 Å². The summed E-state index contributed by atoms with van der Waals surface area (Å²) in [5.74, 6) is -2.17. The Morgan fingerprint density at radius 2 is 1.83 bits per heavy atom. The zero-order valence-corrected chi connectivity index (χ0v) is 17.6. The van der Waals surface area contributed by atoms with Gasteiger partial charge in [0.05, 0.1) is 5.02 Å². The minimum atomic E-state index is -4.95. The molecule has 0 heterocycles. The number of hydrogen-bond acceptors (Lipinski definition) is 3. The molecule has 30 heavy (non-hydrogen) atoms. The van der Waals surface area contributed by atoms with Crippen LogP contribution < -0.4 is 10.1 Å². The molecule has 2 aromatic rings. The van der Waals surface area contributed by atoms with Crippen molar-refractivity contribution in [2.24, 2.45) is 0 Å². The summed E-state index contributed by atoms with van der Waals surface area (Å²) >= 11 is 12.0. The number of halogens is 5. The first-order chi connectivity index (χ1) is 14.0. The fourth-order valence-electron chi connectivity index (χ4n) is 2.54. The topological polar surface area (TPSA) is 58.6 Å². The average molecular weight is 463 g/mol. The maximum Gasteiger partial charge on any atom is 0.471 e. The summed E-state index contributed by atoms with van der Waals surface area (Å²) in [5, 5.41) is 3.08. The van der Waals surface area contributed by atoms with E-state index in [0.717, 1.165) is 0 Å². The van der Waals surface area contributed by atoms with Crippen LogP contribution in [0.1, 0.15) is 19.4 Å². The Balaban J connectivity index is 2.06. The SMILES string of the molecule is CCN(Cc1cccc(NC(=O)C(C)Oc2cccc(Cl)c2Cl)c1)C(=O)C(F)(F)F. The number of carbonyl (C=O) groups excluding carboxylic acids is 2. The third-order valence-electron chi connectivity index (χ3n) is 4.07. The van der Waals surface area contributed by atoms with Crippen molar-refractivity contribution in [3.05, 3.63) is 58.1 Å². The predicted molar refractivity (Wildman–Crippen MR) is 109 cm³/mol. The number of ether oxygens (including phenoxy) is 1. The fourth-order valence-corrected chi connectivity index (χ4v) is 2.87. The second kappa shape index (κ2) is 10.0. The van der Waals surface area contributed by atoms with Gasteiger partial charge in [-0.05, 0) is 43.7 Å². The predicted octanol–water partition coefficient (Wildman–Crippen LogP) is 5.31. The third kappa shape index (κ3) is 6.27. The number of nitrogens with one attached hydrogen (secondary N) is 1. The van der Waals surface area contributed by atoms with Crippen LogP contribution >= 0.6 is 23.2 Å². The lowest BCUT2D eigenvalue weighted by Gasteiger charge is -2.22. The minimum absolute atomic E-state index is 0.111. The Kier molecular flexibility index (Phi) is 7.97. The molecule has 2 amide bonds. The molecule has 2 aromatic carbocycles. The molecule has 1 N–H and O–H groups in total. The van der Waals surface area contributed by atoms with Crippen LogP contribution in [0.5, 0.6) is 5.75 Å². The van der Waals surface area contributed by atoms with Crippen LogP contribution in [0.2, 0.25) is 10.0 Å². The van der Waals surface area contributed by atoms with Crippen molar-refractivity contribution in [1.29, 1.82) is 0 Å². The van der Waals surface area contributed by atoms with Gasteiger partial charge in [0.25, 0.3) is 5.91 Å². The van der Waals surface area contributed by atoms with Gasteiger partial charge in [-0.2, -0.15) is 13.2 Å². The normalized spacial score (nSPS) is 12.2. The number of nitrogens with zero attached hydrogens (tertiary/aromatic N) is 1. The van der Waals surface area contributed by atoms with Crippen molar-refractivity contribution in [1.82, 2.24) is 4.90 Å². The summed E-state index contributed by atoms with van der Waals surface area (Å²) < 4.78 is 43.6. The molecular formula is C20H19Cl2F3N2O3. The number of hydrogen-bond donors (Lipinski definition) is 1. The molecule has 0 aliphatic rings. The van der Waals surface area contributed by atoms with Gasteiger partial charge in [0.2, 0.25) is 0 Å². The Hall–Kier alpha value is -2.45. The third-order valence-corrected chi connectivity index (χ3v) is 4.87. The molecule has 5 nitrogen and oxygen atoms in total. The van der Waals surface area contributed by atoms with E-state index in [-0.39, 0.29) is 28.9 Å². The number of anilines is 1. The lowest BCUT2D eigenvalue weighted by Crippen LogP contribution is -2.40. The molecule has 0 radical (unpaired) electrons. The number of carbonyl (C=O) groups is 2. The Morgan fingerprint density at radius 3 is 2.47 bits per heavy atom. The fraction of sp³-hybridized carbons (Fsp3) is 0.300. The lowest BCUT2D eigenvalue weighted by atomic mass is 10.1. The van der Waals surface area contributed by atoms with E-state index in [1.165, 1.54) is 19.9 Å². The van der Waals surface area contributed by atoms with Crippen molar-refractivity contribution in [2.45, 2.75) is 32.7 Å². The van der Waals surface area contributed by atoms with Crippen LogP contribution in [-0.2, 0) is 16.1 Å². The Labute approximate surface area is 181 Å². The minimum Gasteiger partial charge on any atom is -0.479 e. The van der Waals surface area contributed by atoms with E-state index in [1.807, 2.05) is 0 Å².